The summed E-state index contributed by atoms with van der Waals surface area (Å²) in [5.74, 6) is 0. The normalized spacial score (nSPS) is 9.36. The molecule has 1 aromatic rings. The Hall–Kier alpha value is -0.780. The average molecular weight is 234 g/mol. The van der Waals surface area contributed by atoms with Crippen molar-refractivity contribution in [2.24, 2.45) is 0 Å². The molecule has 0 saturated heterocycles. The molecule has 78 valence electrons. The first-order valence-corrected chi connectivity index (χ1v) is 6.21. The summed E-state index contributed by atoms with van der Waals surface area (Å²) in [6, 6.07) is 9.53. The van der Waals surface area contributed by atoms with Gasteiger partial charge >= 0.3 is 6.72 Å². The van der Waals surface area contributed by atoms with Crippen molar-refractivity contribution in [1.82, 2.24) is 10.2 Å². The zero-order valence-electron chi connectivity index (χ0n) is 7.19. The van der Waals surface area contributed by atoms with E-state index < -0.39 is 6.72 Å². The van der Waals surface area contributed by atoms with Gasteiger partial charge in [-0.25, -0.2) is 0 Å². The summed E-state index contributed by atoms with van der Waals surface area (Å²) in [7, 11) is 0. The summed E-state index contributed by atoms with van der Waals surface area (Å²) in [6.07, 6.45) is 3.46. The number of hydrogen-bond donors (Lipinski definition) is 4. The van der Waals surface area contributed by atoms with Gasteiger partial charge in [0, 0.05) is 12.4 Å². The highest BCUT2D eigenvalue weighted by molar-refractivity contribution is 8.06. The van der Waals surface area contributed by atoms with Crippen LogP contribution in [0.4, 0.5) is 0 Å². The highest BCUT2D eigenvalue weighted by Gasteiger charge is 1.92. The first-order chi connectivity index (χ1) is 6.50. The van der Waals surface area contributed by atoms with Gasteiger partial charge in [-0.3, -0.25) is 5.10 Å². The average Bonchev–Trinajstić information content (AvgIpc) is 2.14. The molecular weight excluding hydrogens is 223 g/mol. The standard InChI is InChI=1S/C7H8N2.H3O3PS/c1-2-4-6-8-9-7-5-3-1;1-4(2,3)5/h1-8H;(H3,1,2,3,5). The Kier molecular flexibility index (Phi) is 7.18. The van der Waals surface area contributed by atoms with Crippen molar-refractivity contribution in [2.75, 3.05) is 0 Å². The molecule has 7 heteroatoms. The molecule has 4 N–H and O–H groups in total. The quantitative estimate of drug-likeness (QED) is 0.497. The predicted molar refractivity (Wildman–Crippen MR) is 57.2 cm³/mol. The number of aromatic amines is 1. The van der Waals surface area contributed by atoms with Gasteiger partial charge < -0.3 is 14.7 Å². The van der Waals surface area contributed by atoms with Gasteiger partial charge in [0.25, 0.3) is 0 Å². The fourth-order valence-corrected chi connectivity index (χ4v) is 0.470. The Morgan fingerprint density at radius 2 is 1.50 bits per heavy atom. The van der Waals surface area contributed by atoms with Gasteiger partial charge in [0.15, 0.2) is 0 Å². The number of rotatable bonds is 0. The molecule has 14 heavy (non-hydrogen) atoms. The van der Waals surface area contributed by atoms with E-state index >= 15 is 0 Å². The number of aromatic nitrogens is 2. The van der Waals surface area contributed by atoms with Crippen molar-refractivity contribution in [3.63, 3.8) is 0 Å². The summed E-state index contributed by atoms with van der Waals surface area (Å²) in [5.41, 5.74) is 0. The lowest BCUT2D eigenvalue weighted by atomic mass is 10.5. The molecule has 1 rings (SSSR count). The Labute approximate surface area is 86.6 Å². The molecular formula is C7H11N2O3PS. The molecule has 0 saturated carbocycles. The summed E-state index contributed by atoms with van der Waals surface area (Å²) in [6.45, 7) is -3.81. The lowest BCUT2D eigenvalue weighted by Gasteiger charge is -1.88. The molecule has 0 aliphatic carbocycles. The van der Waals surface area contributed by atoms with E-state index in [0.29, 0.717) is 0 Å². The second kappa shape index (κ2) is 7.61. The molecule has 0 aliphatic heterocycles. The van der Waals surface area contributed by atoms with Crippen molar-refractivity contribution < 1.29 is 14.7 Å². The van der Waals surface area contributed by atoms with Crippen LogP contribution < -0.4 is 0 Å². The van der Waals surface area contributed by atoms with Crippen molar-refractivity contribution in [3.8, 4) is 0 Å². The van der Waals surface area contributed by atoms with E-state index in [4.69, 9.17) is 14.7 Å². The molecule has 1 aromatic heterocycles. The van der Waals surface area contributed by atoms with Crippen molar-refractivity contribution in [2.45, 2.75) is 0 Å². The first-order valence-electron chi connectivity index (χ1n) is 3.55. The highest BCUT2D eigenvalue weighted by atomic mass is 32.5. The van der Waals surface area contributed by atoms with Gasteiger partial charge in [0.05, 0.1) is 0 Å². The molecule has 0 radical (unpaired) electrons. The van der Waals surface area contributed by atoms with Crippen LogP contribution in [0.25, 0.3) is 0 Å². The Morgan fingerprint density at radius 1 is 1.00 bits per heavy atom. The molecule has 0 amide bonds. The van der Waals surface area contributed by atoms with Crippen molar-refractivity contribution in [1.29, 1.82) is 0 Å². The second-order valence-electron chi connectivity index (χ2n) is 2.05. The van der Waals surface area contributed by atoms with E-state index in [0.717, 1.165) is 0 Å². The van der Waals surface area contributed by atoms with Crippen molar-refractivity contribution >= 4 is 18.5 Å². The summed E-state index contributed by atoms with van der Waals surface area (Å²) >= 11 is 3.60. The summed E-state index contributed by atoms with van der Waals surface area (Å²) in [5, 5.41) is 6.52. The van der Waals surface area contributed by atoms with Crippen LogP contribution in [-0.2, 0) is 11.8 Å². The smallest absolute Gasteiger partial charge is 0.319 e. The number of nitrogens with one attached hydrogen (secondary N) is 1. The van der Waals surface area contributed by atoms with Crippen LogP contribution in [0.3, 0.4) is 0 Å². The Balaban J connectivity index is 0.000000292. The molecule has 0 spiro atoms. The van der Waals surface area contributed by atoms with Crippen LogP contribution >= 0.6 is 6.72 Å². The van der Waals surface area contributed by atoms with E-state index in [1.165, 1.54) is 0 Å². The molecule has 0 fully saturated rings. The van der Waals surface area contributed by atoms with E-state index in [2.05, 4.69) is 22.0 Å². The molecule has 0 bridgehead atoms. The third-order valence-corrected chi connectivity index (χ3v) is 0.850. The number of H-pyrrole nitrogens is 1. The van der Waals surface area contributed by atoms with E-state index in [1.54, 1.807) is 12.4 Å². The molecule has 0 atom stereocenters. The molecule has 5 nitrogen and oxygen atoms in total. The number of hydrogen-bond acceptors (Lipinski definition) is 2. The highest BCUT2D eigenvalue weighted by Crippen LogP contribution is 2.26. The summed E-state index contributed by atoms with van der Waals surface area (Å²) in [4.78, 5) is 22.7. The van der Waals surface area contributed by atoms with E-state index in [-0.39, 0.29) is 0 Å². The predicted octanol–water partition coefficient (Wildman–Crippen LogP) is 0.722. The van der Waals surface area contributed by atoms with Gasteiger partial charge in [-0.15, -0.1) is 0 Å². The second-order valence-corrected chi connectivity index (χ2v) is 4.55. The fraction of sp³-hybridized carbons (Fsp3) is 0. The van der Waals surface area contributed by atoms with Crippen LogP contribution in [0.1, 0.15) is 0 Å². The van der Waals surface area contributed by atoms with Gasteiger partial charge in [-0.2, -0.15) is 5.10 Å². The van der Waals surface area contributed by atoms with Gasteiger partial charge in [-0.1, -0.05) is 18.2 Å². The monoisotopic (exact) mass is 234 g/mol. The SMILES string of the molecule is OP(O)(O)=S.c1cccn[nH]ccc1. The van der Waals surface area contributed by atoms with E-state index in [9.17, 15) is 0 Å². The minimum Gasteiger partial charge on any atom is -0.325 e. The molecule has 0 unspecified atom stereocenters. The minimum absolute atomic E-state index is 1.69. The zero-order valence-corrected chi connectivity index (χ0v) is 8.90. The van der Waals surface area contributed by atoms with Gasteiger partial charge in [0.2, 0.25) is 0 Å². The Morgan fingerprint density at radius 3 is 2.14 bits per heavy atom. The third kappa shape index (κ3) is 17.3. The minimum atomic E-state index is -3.81. The maximum Gasteiger partial charge on any atom is 0.319 e. The molecule has 0 aliphatic rings. The van der Waals surface area contributed by atoms with Gasteiger partial charge in [-0.05, 0) is 23.9 Å². The zero-order chi connectivity index (χ0) is 10.9. The largest absolute Gasteiger partial charge is 0.325 e. The lowest BCUT2D eigenvalue weighted by Crippen LogP contribution is -1.65. The Bertz CT molecular complexity index is 254. The maximum absolute atomic E-state index is 7.56. The molecule has 0 aromatic carbocycles. The topological polar surface area (TPSA) is 89.4 Å². The van der Waals surface area contributed by atoms with E-state index in [1.807, 2.05) is 30.3 Å². The van der Waals surface area contributed by atoms with Crippen LogP contribution in [0, 0.1) is 0 Å². The lowest BCUT2D eigenvalue weighted by molar-refractivity contribution is 0.363. The summed E-state index contributed by atoms with van der Waals surface area (Å²) < 4.78 is 0. The van der Waals surface area contributed by atoms with Crippen LogP contribution in [-0.4, -0.2) is 24.9 Å². The van der Waals surface area contributed by atoms with Crippen LogP contribution in [0.5, 0.6) is 0 Å². The maximum atomic E-state index is 7.56. The van der Waals surface area contributed by atoms with Gasteiger partial charge in [0.1, 0.15) is 0 Å². The van der Waals surface area contributed by atoms with Crippen LogP contribution in [0.2, 0.25) is 0 Å². The fourth-order valence-electron chi connectivity index (χ4n) is 0.470. The first kappa shape index (κ1) is 13.2. The van der Waals surface area contributed by atoms with Crippen LogP contribution in [0.15, 0.2) is 42.7 Å². The van der Waals surface area contributed by atoms with Crippen molar-refractivity contribution in [3.05, 3.63) is 42.7 Å². The third-order valence-electron chi connectivity index (χ3n) is 0.850. The number of nitrogens with zero attached hydrogens (tertiary/aromatic N) is 1. The molecule has 1 heterocycles.